The third-order valence-electron chi connectivity index (χ3n) is 3.91. The van der Waals surface area contributed by atoms with Crippen LogP contribution in [-0.4, -0.2) is 38.6 Å². The van der Waals surface area contributed by atoms with E-state index in [9.17, 15) is 0 Å². The fraction of sp³-hybridized carbons (Fsp3) is 1.00. The number of nitrogens with one attached hydrogen (secondary N) is 1. The highest BCUT2D eigenvalue weighted by atomic mass is 15.1. The molecule has 0 aliphatic carbocycles. The quantitative estimate of drug-likeness (QED) is 0.381. The Bertz CT molecular complexity index is 165. The molecule has 1 N–H and O–H groups in total. The SMILES string of the molecule is CCCCCCCCCCCCN(CCC)CCC.CNC. The monoisotopic (exact) mass is 314 g/mol. The molecule has 0 rings (SSSR count). The van der Waals surface area contributed by atoms with Gasteiger partial charge in [0.25, 0.3) is 0 Å². The number of nitrogens with zero attached hydrogens (tertiary/aromatic N) is 1. The van der Waals surface area contributed by atoms with E-state index in [4.69, 9.17) is 0 Å². The van der Waals surface area contributed by atoms with E-state index < -0.39 is 0 Å². The lowest BCUT2D eigenvalue weighted by Gasteiger charge is -2.20. The molecule has 0 aliphatic rings. The van der Waals surface area contributed by atoms with E-state index in [0.717, 1.165) is 0 Å². The lowest BCUT2D eigenvalue weighted by Crippen LogP contribution is -2.26. The molecule has 0 fully saturated rings. The first-order chi connectivity index (χ1) is 10.8. The second kappa shape index (κ2) is 23.2. The van der Waals surface area contributed by atoms with Gasteiger partial charge in [0, 0.05) is 0 Å². The molecule has 22 heavy (non-hydrogen) atoms. The predicted octanol–water partition coefficient (Wildman–Crippen LogP) is 5.86. The van der Waals surface area contributed by atoms with Gasteiger partial charge in [0.1, 0.15) is 0 Å². The van der Waals surface area contributed by atoms with E-state index in [0.29, 0.717) is 0 Å². The summed E-state index contributed by atoms with van der Waals surface area (Å²) in [6, 6.07) is 0. The van der Waals surface area contributed by atoms with Crippen LogP contribution in [0, 0.1) is 0 Å². The minimum Gasteiger partial charge on any atom is -0.323 e. The largest absolute Gasteiger partial charge is 0.323 e. The van der Waals surface area contributed by atoms with E-state index in [2.05, 4.69) is 31.0 Å². The molecule has 136 valence electrons. The molecule has 0 spiro atoms. The molecule has 0 unspecified atom stereocenters. The van der Waals surface area contributed by atoms with Crippen molar-refractivity contribution in [2.24, 2.45) is 0 Å². The van der Waals surface area contributed by atoms with Crippen LogP contribution < -0.4 is 5.32 Å². The highest BCUT2D eigenvalue weighted by Gasteiger charge is 2.01. The maximum absolute atomic E-state index is 2.75. The normalized spacial score (nSPS) is 10.6. The Morgan fingerprint density at radius 3 is 1.23 bits per heavy atom. The zero-order valence-corrected chi connectivity index (χ0v) is 16.6. The average molecular weight is 315 g/mol. The molecular formula is C20H46N2. The minimum atomic E-state index is 1.30. The van der Waals surface area contributed by atoms with Gasteiger partial charge in [-0.15, -0.1) is 0 Å². The Hall–Kier alpha value is -0.0800. The lowest BCUT2D eigenvalue weighted by atomic mass is 10.1. The third kappa shape index (κ3) is 22.2. The van der Waals surface area contributed by atoms with Crippen LogP contribution in [0.3, 0.4) is 0 Å². The Labute approximate surface area is 142 Å². The van der Waals surface area contributed by atoms with Gasteiger partial charge in [0.05, 0.1) is 0 Å². The molecule has 0 amide bonds. The van der Waals surface area contributed by atoms with E-state index in [-0.39, 0.29) is 0 Å². The minimum absolute atomic E-state index is 1.30. The fourth-order valence-electron chi connectivity index (χ4n) is 2.79. The van der Waals surface area contributed by atoms with Gasteiger partial charge in [-0.25, -0.2) is 0 Å². The molecule has 2 nitrogen and oxygen atoms in total. The van der Waals surface area contributed by atoms with Crippen molar-refractivity contribution in [3.8, 4) is 0 Å². The fourth-order valence-corrected chi connectivity index (χ4v) is 2.79. The first kappa shape index (κ1) is 24.2. The Kier molecular flexibility index (Phi) is 25.5. The molecule has 2 heteroatoms. The van der Waals surface area contributed by atoms with Crippen LogP contribution >= 0.6 is 0 Å². The third-order valence-corrected chi connectivity index (χ3v) is 3.91. The first-order valence-electron chi connectivity index (χ1n) is 10.1. The molecule has 0 saturated heterocycles. The molecule has 0 atom stereocenters. The summed E-state index contributed by atoms with van der Waals surface area (Å²) in [6.45, 7) is 10.8. The zero-order chi connectivity index (χ0) is 16.9. The van der Waals surface area contributed by atoms with Crippen molar-refractivity contribution in [2.45, 2.75) is 97.8 Å². The lowest BCUT2D eigenvalue weighted by molar-refractivity contribution is 0.267. The van der Waals surface area contributed by atoms with Crippen molar-refractivity contribution >= 4 is 0 Å². The van der Waals surface area contributed by atoms with Gasteiger partial charge in [0.2, 0.25) is 0 Å². The van der Waals surface area contributed by atoms with Crippen LogP contribution in [0.5, 0.6) is 0 Å². The number of hydrogen-bond donors (Lipinski definition) is 1. The standard InChI is InChI=1S/C18H39N.C2H7N/c1-4-7-8-9-10-11-12-13-14-15-18-19(16-5-2)17-6-3;1-3-2/h4-18H2,1-3H3;3H,1-2H3. The molecule has 0 bridgehead atoms. The summed E-state index contributed by atoms with van der Waals surface area (Å²) in [5.41, 5.74) is 0. The molecule has 0 heterocycles. The molecule has 0 aliphatic heterocycles. The number of rotatable bonds is 15. The van der Waals surface area contributed by atoms with Crippen LogP contribution in [-0.2, 0) is 0 Å². The number of unbranched alkanes of at least 4 members (excludes halogenated alkanes) is 9. The summed E-state index contributed by atoms with van der Waals surface area (Å²) in [5.74, 6) is 0. The van der Waals surface area contributed by atoms with Crippen LogP contribution in [0.25, 0.3) is 0 Å². The second-order valence-corrected chi connectivity index (χ2v) is 6.52. The topological polar surface area (TPSA) is 15.3 Å². The highest BCUT2D eigenvalue weighted by Crippen LogP contribution is 2.10. The first-order valence-corrected chi connectivity index (χ1v) is 10.1. The van der Waals surface area contributed by atoms with Gasteiger partial charge in [-0.3, -0.25) is 0 Å². The smallest absolute Gasteiger partial charge is 0.00187 e. The summed E-state index contributed by atoms with van der Waals surface area (Å²) in [6.07, 6.45) is 17.1. The number of hydrogen-bond acceptors (Lipinski definition) is 2. The van der Waals surface area contributed by atoms with E-state index in [1.807, 2.05) is 14.1 Å². The van der Waals surface area contributed by atoms with Crippen molar-refractivity contribution in [1.29, 1.82) is 0 Å². The van der Waals surface area contributed by atoms with Crippen molar-refractivity contribution in [1.82, 2.24) is 10.2 Å². The average Bonchev–Trinajstić information content (AvgIpc) is 2.50. The van der Waals surface area contributed by atoms with Gasteiger partial charge in [0.15, 0.2) is 0 Å². The van der Waals surface area contributed by atoms with Gasteiger partial charge in [-0.2, -0.15) is 0 Å². The van der Waals surface area contributed by atoms with Crippen LogP contribution in [0.15, 0.2) is 0 Å². The van der Waals surface area contributed by atoms with Crippen molar-refractivity contribution in [3.63, 3.8) is 0 Å². The van der Waals surface area contributed by atoms with Crippen molar-refractivity contribution in [3.05, 3.63) is 0 Å². The van der Waals surface area contributed by atoms with Gasteiger partial charge in [-0.1, -0.05) is 78.6 Å². The maximum Gasteiger partial charge on any atom is -0.00187 e. The summed E-state index contributed by atoms with van der Waals surface area (Å²) < 4.78 is 0. The van der Waals surface area contributed by atoms with E-state index in [1.165, 1.54) is 96.7 Å². The molecule has 0 aromatic heterocycles. The van der Waals surface area contributed by atoms with E-state index >= 15 is 0 Å². The van der Waals surface area contributed by atoms with Crippen LogP contribution in [0.4, 0.5) is 0 Å². The summed E-state index contributed by atoms with van der Waals surface area (Å²) in [7, 11) is 3.75. The van der Waals surface area contributed by atoms with Crippen molar-refractivity contribution < 1.29 is 0 Å². The van der Waals surface area contributed by atoms with Crippen LogP contribution in [0.1, 0.15) is 97.8 Å². The van der Waals surface area contributed by atoms with Gasteiger partial charge in [-0.05, 0) is 53.0 Å². The van der Waals surface area contributed by atoms with Crippen molar-refractivity contribution in [2.75, 3.05) is 33.7 Å². The molecule has 0 aromatic carbocycles. The summed E-state index contributed by atoms with van der Waals surface area (Å²) >= 11 is 0. The molecule has 0 radical (unpaired) electrons. The highest BCUT2D eigenvalue weighted by molar-refractivity contribution is 4.56. The van der Waals surface area contributed by atoms with Crippen LogP contribution in [0.2, 0.25) is 0 Å². The zero-order valence-electron chi connectivity index (χ0n) is 16.6. The predicted molar refractivity (Wildman–Crippen MR) is 104 cm³/mol. The molecular weight excluding hydrogens is 268 g/mol. The summed E-state index contributed by atoms with van der Waals surface area (Å²) in [5, 5.41) is 2.75. The molecule has 0 aromatic rings. The Morgan fingerprint density at radius 2 is 0.864 bits per heavy atom. The molecule has 0 saturated carbocycles. The maximum atomic E-state index is 2.75. The Balaban J connectivity index is 0. The van der Waals surface area contributed by atoms with Gasteiger partial charge >= 0.3 is 0 Å². The van der Waals surface area contributed by atoms with E-state index in [1.54, 1.807) is 0 Å². The summed E-state index contributed by atoms with van der Waals surface area (Å²) in [4.78, 5) is 2.64. The Morgan fingerprint density at radius 1 is 0.500 bits per heavy atom. The second-order valence-electron chi connectivity index (χ2n) is 6.52. The van der Waals surface area contributed by atoms with Gasteiger partial charge < -0.3 is 10.2 Å².